The van der Waals surface area contributed by atoms with Crippen LogP contribution < -0.4 is 10.5 Å². The molecular formula is C15H19N3O2S. The van der Waals surface area contributed by atoms with Gasteiger partial charge in [0.1, 0.15) is 0 Å². The van der Waals surface area contributed by atoms with Gasteiger partial charge in [-0.3, -0.25) is 4.98 Å². The van der Waals surface area contributed by atoms with Crippen molar-refractivity contribution in [2.24, 2.45) is 11.7 Å². The van der Waals surface area contributed by atoms with Gasteiger partial charge in [-0.1, -0.05) is 18.6 Å². The Morgan fingerprint density at radius 1 is 1.29 bits per heavy atom. The molecule has 0 amide bonds. The van der Waals surface area contributed by atoms with Gasteiger partial charge in [0.25, 0.3) is 0 Å². The first-order valence-electron chi connectivity index (χ1n) is 7.17. The predicted molar refractivity (Wildman–Crippen MR) is 82.2 cm³/mol. The molecule has 2 atom stereocenters. The van der Waals surface area contributed by atoms with E-state index >= 15 is 0 Å². The third-order valence-electron chi connectivity index (χ3n) is 4.20. The van der Waals surface area contributed by atoms with Gasteiger partial charge in [0, 0.05) is 29.2 Å². The van der Waals surface area contributed by atoms with Crippen molar-refractivity contribution in [2.75, 3.05) is 6.54 Å². The van der Waals surface area contributed by atoms with Gasteiger partial charge in [0.15, 0.2) is 0 Å². The van der Waals surface area contributed by atoms with Gasteiger partial charge in [-0.2, -0.15) is 0 Å². The van der Waals surface area contributed by atoms with Gasteiger partial charge >= 0.3 is 0 Å². The minimum atomic E-state index is -3.55. The maximum atomic E-state index is 12.7. The molecule has 1 aromatic carbocycles. The van der Waals surface area contributed by atoms with Crippen molar-refractivity contribution in [1.29, 1.82) is 0 Å². The summed E-state index contributed by atoms with van der Waals surface area (Å²) < 4.78 is 28.2. The monoisotopic (exact) mass is 305 g/mol. The van der Waals surface area contributed by atoms with E-state index in [0.29, 0.717) is 16.8 Å². The zero-order valence-corrected chi connectivity index (χ0v) is 12.5. The molecule has 0 aliphatic heterocycles. The molecule has 3 rings (SSSR count). The van der Waals surface area contributed by atoms with Crippen LogP contribution in [0.5, 0.6) is 0 Å². The van der Waals surface area contributed by atoms with Crippen molar-refractivity contribution in [2.45, 2.75) is 30.2 Å². The van der Waals surface area contributed by atoms with Crippen molar-refractivity contribution >= 4 is 20.8 Å². The Kier molecular flexibility index (Phi) is 3.93. The van der Waals surface area contributed by atoms with Gasteiger partial charge in [-0.15, -0.1) is 0 Å². The first-order chi connectivity index (χ1) is 10.1. The Bertz CT molecular complexity index is 740. The number of nitrogens with zero attached hydrogens (tertiary/aromatic N) is 1. The lowest BCUT2D eigenvalue weighted by Crippen LogP contribution is -2.39. The van der Waals surface area contributed by atoms with E-state index in [-0.39, 0.29) is 12.0 Å². The molecule has 1 aliphatic rings. The molecule has 6 heteroatoms. The Morgan fingerprint density at radius 2 is 2.14 bits per heavy atom. The van der Waals surface area contributed by atoms with Crippen LogP contribution in [0.2, 0.25) is 0 Å². The number of hydrogen-bond acceptors (Lipinski definition) is 4. The number of rotatable bonds is 4. The fraction of sp³-hybridized carbons (Fsp3) is 0.400. The molecule has 1 aromatic heterocycles. The van der Waals surface area contributed by atoms with E-state index in [0.717, 1.165) is 24.6 Å². The highest BCUT2D eigenvalue weighted by molar-refractivity contribution is 7.89. The van der Waals surface area contributed by atoms with Crippen LogP contribution in [-0.4, -0.2) is 26.0 Å². The van der Waals surface area contributed by atoms with Crippen LogP contribution >= 0.6 is 0 Å². The lowest BCUT2D eigenvalue weighted by Gasteiger charge is -2.20. The van der Waals surface area contributed by atoms with Gasteiger partial charge in [0.05, 0.1) is 4.90 Å². The number of hydrogen-bond donors (Lipinski definition) is 2. The van der Waals surface area contributed by atoms with Crippen LogP contribution in [0, 0.1) is 5.92 Å². The zero-order valence-electron chi connectivity index (χ0n) is 11.7. The topological polar surface area (TPSA) is 85.1 Å². The number of fused-ring (bicyclic) bond motifs is 1. The highest BCUT2D eigenvalue weighted by Crippen LogP contribution is 2.28. The summed E-state index contributed by atoms with van der Waals surface area (Å²) in [7, 11) is -3.55. The van der Waals surface area contributed by atoms with E-state index in [1.54, 1.807) is 30.6 Å². The van der Waals surface area contributed by atoms with E-state index in [9.17, 15) is 8.42 Å². The predicted octanol–water partition coefficient (Wildman–Crippen LogP) is 1.64. The molecule has 0 radical (unpaired) electrons. The summed E-state index contributed by atoms with van der Waals surface area (Å²) in [5.74, 6) is 0.233. The smallest absolute Gasteiger partial charge is 0.241 e. The van der Waals surface area contributed by atoms with Gasteiger partial charge < -0.3 is 5.73 Å². The number of nitrogens with two attached hydrogens (primary N) is 1. The first kappa shape index (κ1) is 14.4. The van der Waals surface area contributed by atoms with E-state index in [1.165, 1.54) is 0 Å². The van der Waals surface area contributed by atoms with E-state index in [1.807, 2.05) is 6.07 Å². The second-order valence-electron chi connectivity index (χ2n) is 5.51. The Balaban J connectivity index is 1.97. The molecular weight excluding hydrogens is 286 g/mol. The first-order valence-corrected chi connectivity index (χ1v) is 8.65. The van der Waals surface area contributed by atoms with E-state index in [2.05, 4.69) is 9.71 Å². The lowest BCUT2D eigenvalue weighted by molar-refractivity contribution is 0.453. The Hall–Kier alpha value is -1.50. The second-order valence-corrected chi connectivity index (χ2v) is 7.19. The summed E-state index contributed by atoms with van der Waals surface area (Å²) >= 11 is 0. The molecule has 1 aliphatic carbocycles. The molecule has 2 unspecified atom stereocenters. The minimum Gasteiger partial charge on any atom is -0.330 e. The average Bonchev–Trinajstić information content (AvgIpc) is 2.93. The molecule has 0 bridgehead atoms. The highest BCUT2D eigenvalue weighted by atomic mass is 32.2. The Labute approximate surface area is 124 Å². The molecule has 2 aromatic rings. The number of sulfonamides is 1. The number of aromatic nitrogens is 1. The SMILES string of the molecule is NCC1CCCC1NS(=O)(=O)c1cccc2cnccc12. The summed E-state index contributed by atoms with van der Waals surface area (Å²) in [6.07, 6.45) is 6.15. The van der Waals surface area contributed by atoms with Crippen molar-refractivity contribution in [1.82, 2.24) is 9.71 Å². The maximum absolute atomic E-state index is 12.7. The van der Waals surface area contributed by atoms with E-state index in [4.69, 9.17) is 5.73 Å². The van der Waals surface area contributed by atoms with Crippen molar-refractivity contribution < 1.29 is 8.42 Å². The average molecular weight is 305 g/mol. The lowest BCUT2D eigenvalue weighted by atomic mass is 10.1. The summed E-state index contributed by atoms with van der Waals surface area (Å²) in [4.78, 5) is 4.34. The van der Waals surface area contributed by atoms with Crippen LogP contribution in [0.3, 0.4) is 0 Å². The molecule has 112 valence electrons. The summed E-state index contributed by atoms with van der Waals surface area (Å²) in [5, 5.41) is 1.52. The number of benzene rings is 1. The second kappa shape index (κ2) is 5.71. The largest absolute Gasteiger partial charge is 0.330 e. The molecule has 0 saturated heterocycles. The standard InChI is InChI=1S/C15H19N3O2S/c16-9-11-3-1-5-14(11)18-21(19,20)15-6-2-4-12-10-17-8-7-13(12)15/h2,4,6-8,10-11,14,18H,1,3,5,9,16H2. The normalized spacial score (nSPS) is 22.7. The molecule has 0 spiro atoms. The van der Waals surface area contributed by atoms with E-state index < -0.39 is 10.0 Å². The number of nitrogens with one attached hydrogen (secondary N) is 1. The minimum absolute atomic E-state index is 0.0582. The fourth-order valence-corrected chi connectivity index (χ4v) is 4.63. The van der Waals surface area contributed by atoms with Crippen LogP contribution in [0.4, 0.5) is 0 Å². The van der Waals surface area contributed by atoms with Crippen molar-refractivity contribution in [3.63, 3.8) is 0 Å². The molecule has 1 heterocycles. The zero-order chi connectivity index (χ0) is 14.9. The Morgan fingerprint density at radius 3 is 2.95 bits per heavy atom. The molecule has 1 fully saturated rings. The third kappa shape index (κ3) is 2.79. The molecule has 21 heavy (non-hydrogen) atoms. The molecule has 1 saturated carbocycles. The summed E-state index contributed by atoms with van der Waals surface area (Å²) in [6.45, 7) is 0.520. The molecule has 3 N–H and O–H groups in total. The van der Waals surface area contributed by atoms with Gasteiger partial charge in [-0.25, -0.2) is 13.1 Å². The van der Waals surface area contributed by atoms with Gasteiger partial charge in [0.2, 0.25) is 10.0 Å². The van der Waals surface area contributed by atoms with Crippen LogP contribution in [-0.2, 0) is 10.0 Å². The fourth-order valence-electron chi connectivity index (χ4n) is 3.06. The quantitative estimate of drug-likeness (QED) is 0.899. The summed E-state index contributed by atoms with van der Waals surface area (Å²) in [5.41, 5.74) is 5.73. The van der Waals surface area contributed by atoms with Gasteiger partial charge in [-0.05, 0) is 37.4 Å². The van der Waals surface area contributed by atoms with Crippen LogP contribution in [0.25, 0.3) is 10.8 Å². The van der Waals surface area contributed by atoms with Crippen LogP contribution in [0.1, 0.15) is 19.3 Å². The maximum Gasteiger partial charge on any atom is 0.241 e. The number of pyridine rings is 1. The molecule has 5 nitrogen and oxygen atoms in total. The van der Waals surface area contributed by atoms with Crippen molar-refractivity contribution in [3.8, 4) is 0 Å². The van der Waals surface area contributed by atoms with Crippen molar-refractivity contribution in [3.05, 3.63) is 36.7 Å². The third-order valence-corrected chi connectivity index (χ3v) is 5.75. The highest BCUT2D eigenvalue weighted by Gasteiger charge is 2.30. The summed E-state index contributed by atoms with van der Waals surface area (Å²) in [6, 6.07) is 6.92. The van der Waals surface area contributed by atoms with Crippen LogP contribution in [0.15, 0.2) is 41.6 Å².